The number of carboxylic acid groups (broad SMARTS) is 1. The summed E-state index contributed by atoms with van der Waals surface area (Å²) in [5.74, 6) is -0.0992. The van der Waals surface area contributed by atoms with Crippen LogP contribution >= 0.6 is 0 Å². The second-order valence-corrected chi connectivity index (χ2v) is 9.45. The van der Waals surface area contributed by atoms with Gasteiger partial charge in [-0.3, -0.25) is 0 Å². The SMILES string of the molecule is CC(C)(Oc1ccc(CCN(Cc2ccc(C(F)(F)F)cc2)c2noc(-c3ccc(N)cc3)n2)cc1)C(=O)O. The van der Waals surface area contributed by atoms with Crippen molar-refractivity contribution in [2.45, 2.75) is 38.6 Å². The first-order valence-corrected chi connectivity index (χ1v) is 12.0. The number of rotatable bonds is 10. The van der Waals surface area contributed by atoms with Gasteiger partial charge in [-0.2, -0.15) is 18.2 Å². The molecule has 0 saturated carbocycles. The third-order valence-corrected chi connectivity index (χ3v) is 5.99. The lowest BCUT2D eigenvalue weighted by molar-refractivity contribution is -0.152. The molecule has 1 heterocycles. The van der Waals surface area contributed by atoms with Gasteiger partial charge in [0, 0.05) is 24.3 Å². The lowest BCUT2D eigenvalue weighted by Crippen LogP contribution is -2.37. The number of aromatic nitrogens is 2. The largest absolute Gasteiger partial charge is 0.478 e. The van der Waals surface area contributed by atoms with Crippen molar-refractivity contribution in [3.05, 3.63) is 89.5 Å². The van der Waals surface area contributed by atoms with Gasteiger partial charge in [-0.1, -0.05) is 24.3 Å². The molecule has 0 bridgehead atoms. The van der Waals surface area contributed by atoms with E-state index in [2.05, 4.69) is 10.1 Å². The number of benzene rings is 3. The monoisotopic (exact) mass is 540 g/mol. The van der Waals surface area contributed by atoms with E-state index in [9.17, 15) is 23.1 Å². The molecule has 0 fully saturated rings. The van der Waals surface area contributed by atoms with Crippen LogP contribution in [-0.2, 0) is 23.9 Å². The lowest BCUT2D eigenvalue weighted by Gasteiger charge is -2.22. The van der Waals surface area contributed by atoms with Crippen molar-refractivity contribution in [2.75, 3.05) is 17.2 Å². The highest BCUT2D eigenvalue weighted by Gasteiger charge is 2.30. The smallest absolute Gasteiger partial charge is 0.416 e. The van der Waals surface area contributed by atoms with Gasteiger partial charge in [-0.25, -0.2) is 4.79 Å². The van der Waals surface area contributed by atoms with Gasteiger partial charge in [-0.15, -0.1) is 0 Å². The van der Waals surface area contributed by atoms with Crippen LogP contribution in [-0.4, -0.2) is 33.4 Å². The van der Waals surface area contributed by atoms with Gasteiger partial charge in [0.1, 0.15) is 5.75 Å². The van der Waals surface area contributed by atoms with Crippen LogP contribution < -0.4 is 15.4 Å². The molecule has 204 valence electrons. The summed E-state index contributed by atoms with van der Waals surface area (Å²) in [5.41, 5.74) is 6.48. The van der Waals surface area contributed by atoms with Crippen LogP contribution in [0, 0.1) is 0 Å². The summed E-state index contributed by atoms with van der Waals surface area (Å²) in [4.78, 5) is 17.6. The molecule has 0 radical (unpaired) electrons. The lowest BCUT2D eigenvalue weighted by atomic mass is 10.1. The minimum absolute atomic E-state index is 0.243. The Balaban J connectivity index is 1.52. The van der Waals surface area contributed by atoms with Gasteiger partial charge in [0.25, 0.3) is 11.8 Å². The second-order valence-electron chi connectivity index (χ2n) is 9.45. The number of nitrogen functional groups attached to an aromatic ring is 1. The zero-order valence-electron chi connectivity index (χ0n) is 21.3. The van der Waals surface area contributed by atoms with Crippen molar-refractivity contribution in [1.29, 1.82) is 0 Å². The molecule has 0 amide bonds. The van der Waals surface area contributed by atoms with Crippen molar-refractivity contribution in [2.24, 2.45) is 0 Å². The summed E-state index contributed by atoms with van der Waals surface area (Å²) in [6.07, 6.45) is -3.88. The molecular weight excluding hydrogens is 513 g/mol. The van der Waals surface area contributed by atoms with Gasteiger partial charge in [0.2, 0.25) is 0 Å². The molecule has 0 aliphatic rings. The van der Waals surface area contributed by atoms with Crippen molar-refractivity contribution < 1.29 is 32.3 Å². The Morgan fingerprint density at radius 3 is 2.18 bits per heavy atom. The number of ether oxygens (including phenoxy) is 1. The van der Waals surface area contributed by atoms with E-state index in [1.165, 1.54) is 26.0 Å². The fourth-order valence-corrected chi connectivity index (χ4v) is 3.68. The predicted octanol–water partition coefficient (Wildman–Crippen LogP) is 5.83. The first kappa shape index (κ1) is 27.5. The molecule has 0 spiro atoms. The van der Waals surface area contributed by atoms with Crippen LogP contribution in [0.15, 0.2) is 77.3 Å². The maximum Gasteiger partial charge on any atom is 0.416 e. The van der Waals surface area contributed by atoms with Crippen LogP contribution in [0.3, 0.4) is 0 Å². The molecule has 0 unspecified atom stereocenters. The molecule has 11 heteroatoms. The molecule has 39 heavy (non-hydrogen) atoms. The molecule has 3 N–H and O–H groups in total. The van der Waals surface area contributed by atoms with Crippen LogP contribution in [0.4, 0.5) is 24.8 Å². The first-order chi connectivity index (χ1) is 18.4. The fraction of sp³-hybridized carbons (Fsp3) is 0.250. The molecule has 0 aliphatic carbocycles. The number of nitrogens with two attached hydrogens (primary N) is 1. The minimum atomic E-state index is -4.42. The Hall–Kier alpha value is -4.54. The number of halogens is 3. The van der Waals surface area contributed by atoms with Crippen LogP contribution in [0.1, 0.15) is 30.5 Å². The average Bonchev–Trinajstić information content (AvgIpc) is 3.37. The molecular formula is C28H27F3N4O4. The van der Waals surface area contributed by atoms with Crippen molar-refractivity contribution >= 4 is 17.6 Å². The van der Waals surface area contributed by atoms with E-state index in [4.69, 9.17) is 15.0 Å². The van der Waals surface area contributed by atoms with Crippen LogP contribution in [0.2, 0.25) is 0 Å². The minimum Gasteiger partial charge on any atom is -0.478 e. The van der Waals surface area contributed by atoms with E-state index in [0.29, 0.717) is 35.5 Å². The zero-order chi connectivity index (χ0) is 28.2. The summed E-state index contributed by atoms with van der Waals surface area (Å²) >= 11 is 0. The molecule has 4 aromatic rings. The van der Waals surface area contributed by atoms with E-state index >= 15 is 0 Å². The molecule has 0 aliphatic heterocycles. The summed E-state index contributed by atoms with van der Waals surface area (Å²) in [5, 5.41) is 13.4. The van der Waals surface area contributed by atoms with E-state index in [1.807, 2.05) is 17.0 Å². The highest BCUT2D eigenvalue weighted by molar-refractivity contribution is 5.76. The standard InChI is InChI=1S/C28H27F3N4O4/c1-27(2,25(36)37)38-23-13-5-18(6-14-23)15-16-35(17-19-3-9-21(10-4-19)28(29,30)31)26-33-24(39-34-26)20-7-11-22(32)12-8-20/h3-14H,15-17,32H2,1-2H3,(H,36,37). The molecule has 8 nitrogen and oxygen atoms in total. The number of carbonyl (C=O) groups is 1. The Kier molecular flexibility index (Phi) is 7.80. The molecule has 0 atom stereocenters. The first-order valence-electron chi connectivity index (χ1n) is 12.0. The summed E-state index contributed by atoms with van der Waals surface area (Å²) < 4.78 is 50.0. The Morgan fingerprint density at radius 2 is 1.59 bits per heavy atom. The van der Waals surface area contributed by atoms with Crippen LogP contribution in [0.5, 0.6) is 5.75 Å². The maximum absolute atomic E-state index is 13.0. The number of carboxylic acids is 1. The topological polar surface area (TPSA) is 115 Å². The summed E-state index contributed by atoms with van der Waals surface area (Å²) in [6.45, 7) is 3.59. The highest BCUT2D eigenvalue weighted by atomic mass is 19.4. The maximum atomic E-state index is 13.0. The van der Waals surface area contributed by atoms with E-state index in [-0.39, 0.29) is 18.4 Å². The number of aliphatic carboxylic acids is 1. The van der Waals surface area contributed by atoms with Gasteiger partial charge in [0.15, 0.2) is 5.60 Å². The van der Waals surface area contributed by atoms with Gasteiger partial charge < -0.3 is 25.0 Å². The predicted molar refractivity (Wildman–Crippen MR) is 139 cm³/mol. The average molecular weight is 541 g/mol. The normalized spacial score (nSPS) is 11.8. The van der Waals surface area contributed by atoms with Gasteiger partial charge in [0.05, 0.1) is 5.56 Å². The van der Waals surface area contributed by atoms with E-state index in [1.54, 1.807) is 36.4 Å². The number of hydrogen-bond donors (Lipinski definition) is 2. The zero-order valence-corrected chi connectivity index (χ0v) is 21.3. The van der Waals surface area contributed by atoms with Gasteiger partial charge in [-0.05, 0) is 85.1 Å². The Labute approximate surface area is 222 Å². The third kappa shape index (κ3) is 7.07. The third-order valence-electron chi connectivity index (χ3n) is 5.99. The number of anilines is 2. The van der Waals surface area contributed by atoms with E-state index in [0.717, 1.165) is 17.7 Å². The van der Waals surface area contributed by atoms with Gasteiger partial charge >= 0.3 is 12.1 Å². The molecule has 0 saturated heterocycles. The Morgan fingerprint density at radius 1 is 0.974 bits per heavy atom. The molecule has 3 aromatic carbocycles. The van der Waals surface area contributed by atoms with Crippen molar-refractivity contribution in [3.63, 3.8) is 0 Å². The number of alkyl halides is 3. The fourth-order valence-electron chi connectivity index (χ4n) is 3.68. The highest BCUT2D eigenvalue weighted by Crippen LogP contribution is 2.30. The quantitative estimate of drug-likeness (QED) is 0.242. The van der Waals surface area contributed by atoms with Crippen LogP contribution in [0.25, 0.3) is 11.5 Å². The van der Waals surface area contributed by atoms with Crippen molar-refractivity contribution in [1.82, 2.24) is 10.1 Å². The second kappa shape index (κ2) is 11.1. The Bertz CT molecular complexity index is 1400. The number of hydrogen-bond acceptors (Lipinski definition) is 7. The summed E-state index contributed by atoms with van der Waals surface area (Å²) in [7, 11) is 0. The molecule has 1 aromatic heterocycles. The summed E-state index contributed by atoms with van der Waals surface area (Å²) in [6, 6.07) is 18.9. The molecule has 4 rings (SSSR count). The van der Waals surface area contributed by atoms with Crippen molar-refractivity contribution in [3.8, 4) is 17.2 Å². The number of nitrogens with zero attached hydrogens (tertiary/aromatic N) is 3. The van der Waals surface area contributed by atoms with E-state index < -0.39 is 23.3 Å².